The molecule has 0 spiro atoms. The fourth-order valence-corrected chi connectivity index (χ4v) is 3.64. The zero-order valence-corrected chi connectivity index (χ0v) is 17.7. The summed E-state index contributed by atoms with van der Waals surface area (Å²) in [4.78, 5) is 12.4. The number of amides is 1. The van der Waals surface area contributed by atoms with Gasteiger partial charge in [0, 0.05) is 18.1 Å². The Morgan fingerprint density at radius 2 is 1.66 bits per heavy atom. The number of nitrogens with one attached hydrogen (secondary N) is 2. The van der Waals surface area contributed by atoms with Crippen LogP contribution in [0.4, 0.5) is 11.4 Å². The minimum atomic E-state index is -3.29. The number of benzene rings is 2. The van der Waals surface area contributed by atoms with Gasteiger partial charge in [0.15, 0.2) is 9.84 Å². The fraction of sp³-hybridized carbons (Fsp3) is 0.286. The summed E-state index contributed by atoms with van der Waals surface area (Å²) in [7, 11) is -3.29. The number of hydrazine groups is 1. The highest BCUT2D eigenvalue weighted by molar-refractivity contribution is 7.90. The smallest absolute Gasteiger partial charge is 0.264 e. The van der Waals surface area contributed by atoms with Gasteiger partial charge in [-0.3, -0.25) is 9.80 Å². The molecule has 1 amide bonds. The summed E-state index contributed by atoms with van der Waals surface area (Å²) in [5, 5.41) is 4.78. The molecule has 0 saturated heterocycles. The minimum Gasteiger partial charge on any atom is -0.366 e. The summed E-state index contributed by atoms with van der Waals surface area (Å²) in [5.74, 6) is -0.616. The lowest BCUT2D eigenvalue weighted by atomic mass is 9.87. The average molecular weight is 415 g/mol. The first-order valence-corrected chi connectivity index (χ1v) is 11.1. The van der Waals surface area contributed by atoms with Crippen molar-refractivity contribution in [3.05, 3.63) is 66.4 Å². The van der Waals surface area contributed by atoms with Gasteiger partial charge in [0.25, 0.3) is 5.91 Å². The van der Waals surface area contributed by atoms with E-state index < -0.39 is 21.4 Å². The van der Waals surface area contributed by atoms with Crippen LogP contribution in [0.1, 0.15) is 26.3 Å². The van der Waals surface area contributed by atoms with Crippen molar-refractivity contribution >= 4 is 27.1 Å². The van der Waals surface area contributed by atoms with E-state index in [9.17, 15) is 13.2 Å². The second-order valence-electron chi connectivity index (χ2n) is 8.19. The molecule has 0 radical (unpaired) electrons. The van der Waals surface area contributed by atoms with Crippen LogP contribution in [0.3, 0.4) is 0 Å². The highest BCUT2D eigenvalue weighted by Crippen LogP contribution is 2.28. The summed E-state index contributed by atoms with van der Waals surface area (Å²) in [5.41, 5.74) is 10.1. The topological polar surface area (TPSA) is 105 Å². The van der Waals surface area contributed by atoms with Crippen LogP contribution in [0.2, 0.25) is 0 Å². The molecule has 4 N–H and O–H groups in total. The lowest BCUT2D eigenvalue weighted by Crippen LogP contribution is -2.60. The largest absolute Gasteiger partial charge is 0.366 e. The fourth-order valence-electron chi connectivity index (χ4n) is 3.01. The van der Waals surface area contributed by atoms with Crippen molar-refractivity contribution in [2.45, 2.75) is 36.7 Å². The molecule has 7 nitrogen and oxygen atoms in total. The second kappa shape index (κ2) is 7.20. The number of nitrogens with zero attached hydrogens (tertiary/aromatic N) is 1. The Morgan fingerprint density at radius 1 is 1.07 bits per heavy atom. The first kappa shape index (κ1) is 20.9. The standard InChI is InChI=1S/C21H26N4O3S/c1-20(2,3)15-5-9-17(10-6-15)25-14-13-21(24-25,19(22)26)23-16-7-11-18(12-8-16)29(4,27)28/h5-14,23-24H,1-4H3,(H2,22,26). The Bertz CT molecular complexity index is 1040. The number of carbonyl (C=O) groups is 1. The Morgan fingerprint density at radius 3 is 2.14 bits per heavy atom. The Balaban J connectivity index is 1.81. The van der Waals surface area contributed by atoms with Crippen LogP contribution in [0, 0.1) is 0 Å². The van der Waals surface area contributed by atoms with Gasteiger partial charge in [-0.1, -0.05) is 32.9 Å². The molecule has 3 rings (SSSR count). The highest BCUT2D eigenvalue weighted by Gasteiger charge is 2.39. The average Bonchev–Trinajstić information content (AvgIpc) is 3.06. The zero-order chi connectivity index (χ0) is 21.4. The van der Waals surface area contributed by atoms with Gasteiger partial charge in [-0.15, -0.1) is 0 Å². The maximum Gasteiger partial charge on any atom is 0.264 e. The molecule has 2 aromatic carbocycles. The summed E-state index contributed by atoms with van der Waals surface area (Å²) >= 11 is 0. The van der Waals surface area contributed by atoms with Crippen LogP contribution in [0.15, 0.2) is 65.7 Å². The van der Waals surface area contributed by atoms with E-state index in [1.807, 2.05) is 24.3 Å². The molecule has 1 aliphatic rings. The minimum absolute atomic E-state index is 0.0451. The summed E-state index contributed by atoms with van der Waals surface area (Å²) in [6.45, 7) is 6.44. The van der Waals surface area contributed by atoms with Crippen molar-refractivity contribution in [2.24, 2.45) is 5.73 Å². The highest BCUT2D eigenvalue weighted by atomic mass is 32.2. The Labute approximate surface area is 171 Å². The molecule has 0 saturated carbocycles. The van der Waals surface area contributed by atoms with Crippen LogP contribution >= 0.6 is 0 Å². The molecule has 0 aromatic heterocycles. The third-order valence-electron chi connectivity index (χ3n) is 4.79. The summed E-state index contributed by atoms with van der Waals surface area (Å²) in [6, 6.07) is 14.2. The van der Waals surface area contributed by atoms with Gasteiger partial charge < -0.3 is 11.1 Å². The molecule has 0 bridgehead atoms. The predicted molar refractivity (Wildman–Crippen MR) is 115 cm³/mol. The van der Waals surface area contributed by atoms with Gasteiger partial charge in [-0.05, 0) is 53.5 Å². The van der Waals surface area contributed by atoms with E-state index in [0.29, 0.717) is 5.69 Å². The number of hydrogen-bond acceptors (Lipinski definition) is 6. The van der Waals surface area contributed by atoms with E-state index in [1.165, 1.54) is 17.7 Å². The van der Waals surface area contributed by atoms with Crippen LogP contribution in [0.25, 0.3) is 0 Å². The molecule has 2 aromatic rings. The lowest BCUT2D eigenvalue weighted by Gasteiger charge is -2.30. The van der Waals surface area contributed by atoms with E-state index in [-0.39, 0.29) is 10.3 Å². The predicted octanol–water partition coefficient (Wildman–Crippen LogP) is 2.52. The van der Waals surface area contributed by atoms with Gasteiger partial charge in [-0.2, -0.15) is 5.43 Å². The van der Waals surface area contributed by atoms with E-state index in [1.54, 1.807) is 29.4 Å². The molecule has 29 heavy (non-hydrogen) atoms. The molecule has 0 fully saturated rings. The Kier molecular flexibility index (Phi) is 5.19. The number of hydrogen-bond donors (Lipinski definition) is 3. The van der Waals surface area contributed by atoms with Crippen molar-refractivity contribution in [2.75, 3.05) is 16.6 Å². The monoisotopic (exact) mass is 414 g/mol. The number of rotatable bonds is 5. The number of primary amides is 1. The molecule has 8 heteroatoms. The van der Waals surface area contributed by atoms with Crippen molar-refractivity contribution in [3.63, 3.8) is 0 Å². The maximum absolute atomic E-state index is 12.2. The lowest BCUT2D eigenvalue weighted by molar-refractivity contribution is -0.121. The number of carbonyl (C=O) groups excluding carboxylic acids is 1. The molecular weight excluding hydrogens is 388 g/mol. The molecule has 154 valence electrons. The van der Waals surface area contributed by atoms with Gasteiger partial charge in [0.2, 0.25) is 5.66 Å². The quantitative estimate of drug-likeness (QED) is 0.694. The number of nitrogens with two attached hydrogens (primary N) is 1. The third kappa shape index (κ3) is 4.44. The van der Waals surface area contributed by atoms with Crippen molar-refractivity contribution in [1.82, 2.24) is 5.43 Å². The van der Waals surface area contributed by atoms with E-state index in [4.69, 9.17) is 5.73 Å². The molecule has 1 unspecified atom stereocenters. The first-order valence-electron chi connectivity index (χ1n) is 9.16. The van der Waals surface area contributed by atoms with Gasteiger partial charge in [-0.25, -0.2) is 8.42 Å². The molecule has 1 heterocycles. The van der Waals surface area contributed by atoms with Crippen LogP contribution in [0.5, 0.6) is 0 Å². The normalized spacial score (nSPS) is 19.4. The number of sulfone groups is 1. The van der Waals surface area contributed by atoms with Gasteiger partial charge >= 0.3 is 0 Å². The summed E-state index contributed by atoms with van der Waals surface area (Å²) < 4.78 is 23.2. The number of anilines is 2. The summed E-state index contributed by atoms with van der Waals surface area (Å²) in [6.07, 6.45) is 4.51. The van der Waals surface area contributed by atoms with E-state index in [2.05, 4.69) is 31.5 Å². The second-order valence-corrected chi connectivity index (χ2v) is 10.2. The van der Waals surface area contributed by atoms with Crippen molar-refractivity contribution < 1.29 is 13.2 Å². The molecule has 1 aliphatic heterocycles. The molecule has 0 aliphatic carbocycles. The molecular formula is C21H26N4O3S. The first-order chi connectivity index (χ1) is 13.4. The van der Waals surface area contributed by atoms with Crippen LogP contribution in [-0.4, -0.2) is 26.2 Å². The van der Waals surface area contributed by atoms with E-state index in [0.717, 1.165) is 11.9 Å². The zero-order valence-electron chi connectivity index (χ0n) is 16.9. The third-order valence-corrected chi connectivity index (χ3v) is 5.92. The SMILES string of the molecule is CC(C)(C)c1ccc(N2C=CC(Nc3ccc(S(C)(=O)=O)cc3)(C(N)=O)N2)cc1. The molecule has 1 atom stereocenters. The van der Waals surface area contributed by atoms with Crippen LogP contribution in [-0.2, 0) is 20.0 Å². The van der Waals surface area contributed by atoms with Gasteiger partial charge in [0.05, 0.1) is 10.6 Å². The Hall–Kier alpha value is -2.84. The van der Waals surface area contributed by atoms with Crippen LogP contribution < -0.4 is 21.5 Å². The van der Waals surface area contributed by atoms with E-state index >= 15 is 0 Å². The van der Waals surface area contributed by atoms with Gasteiger partial charge in [0.1, 0.15) is 0 Å². The van der Waals surface area contributed by atoms with Crippen molar-refractivity contribution in [1.29, 1.82) is 0 Å². The van der Waals surface area contributed by atoms with Crippen molar-refractivity contribution in [3.8, 4) is 0 Å². The maximum atomic E-state index is 12.2.